The first-order valence-electron chi connectivity index (χ1n) is 2.82. The Kier molecular flexibility index (Phi) is 2.37. The first-order valence-corrected chi connectivity index (χ1v) is 3.58. The molecule has 1 N–H and O–H groups in total. The van der Waals surface area contributed by atoms with Gasteiger partial charge >= 0.3 is 0 Å². The second kappa shape index (κ2) is 3.11. The SMILES string of the molecule is [NH]C(=O)c1ccc(Cl)cc1Cl. The molecule has 1 aromatic rings. The maximum atomic E-state index is 10.5. The lowest BCUT2D eigenvalue weighted by molar-refractivity contribution is 0.0992. The van der Waals surface area contributed by atoms with E-state index < -0.39 is 5.91 Å². The standard InChI is InChI=1S/C7H4Cl2NO/c8-4-1-2-5(7(10)11)6(9)3-4/h1-3,10H. The molecular formula is C7H4Cl2NO. The summed E-state index contributed by atoms with van der Waals surface area (Å²) < 4.78 is 0. The van der Waals surface area contributed by atoms with E-state index in [1.165, 1.54) is 18.2 Å². The molecule has 0 atom stereocenters. The minimum Gasteiger partial charge on any atom is -0.267 e. The van der Waals surface area contributed by atoms with Crippen LogP contribution < -0.4 is 5.73 Å². The van der Waals surface area contributed by atoms with Crippen LogP contribution in [0.15, 0.2) is 18.2 Å². The van der Waals surface area contributed by atoms with E-state index in [2.05, 4.69) is 0 Å². The Balaban J connectivity index is 3.20. The molecule has 11 heavy (non-hydrogen) atoms. The molecule has 0 saturated heterocycles. The number of hydrogen-bond donors (Lipinski definition) is 0. The van der Waals surface area contributed by atoms with Crippen molar-refractivity contribution in [2.45, 2.75) is 0 Å². The molecule has 0 aliphatic carbocycles. The van der Waals surface area contributed by atoms with Crippen LogP contribution in [0.1, 0.15) is 10.4 Å². The summed E-state index contributed by atoms with van der Waals surface area (Å²) in [6.45, 7) is 0. The molecule has 0 aliphatic heterocycles. The molecule has 0 aromatic heterocycles. The van der Waals surface area contributed by atoms with Gasteiger partial charge in [-0.05, 0) is 18.2 Å². The summed E-state index contributed by atoms with van der Waals surface area (Å²) in [4.78, 5) is 10.5. The average Bonchev–Trinajstić information content (AvgIpc) is 1.85. The Morgan fingerprint density at radius 3 is 2.45 bits per heavy atom. The normalized spacial score (nSPS) is 9.64. The monoisotopic (exact) mass is 188 g/mol. The van der Waals surface area contributed by atoms with Crippen LogP contribution in [0.3, 0.4) is 0 Å². The van der Waals surface area contributed by atoms with Gasteiger partial charge in [-0.15, -0.1) is 0 Å². The second-order valence-electron chi connectivity index (χ2n) is 1.95. The summed E-state index contributed by atoms with van der Waals surface area (Å²) in [5.74, 6) is -0.799. The molecule has 1 aromatic carbocycles. The highest BCUT2D eigenvalue weighted by molar-refractivity contribution is 6.36. The number of rotatable bonds is 1. The fraction of sp³-hybridized carbons (Fsp3) is 0. The van der Waals surface area contributed by atoms with Crippen LogP contribution in [-0.4, -0.2) is 5.91 Å². The third-order valence-electron chi connectivity index (χ3n) is 1.18. The molecule has 0 bridgehead atoms. The van der Waals surface area contributed by atoms with Gasteiger partial charge in [-0.2, -0.15) is 0 Å². The molecule has 4 heteroatoms. The number of amides is 1. The van der Waals surface area contributed by atoms with Crippen molar-refractivity contribution in [2.24, 2.45) is 0 Å². The minimum atomic E-state index is -0.799. The minimum absolute atomic E-state index is 0.177. The number of carbonyl (C=O) groups is 1. The zero-order chi connectivity index (χ0) is 8.43. The predicted molar refractivity (Wildman–Crippen MR) is 43.9 cm³/mol. The van der Waals surface area contributed by atoms with Gasteiger partial charge in [-0.3, -0.25) is 10.5 Å². The Bertz CT molecular complexity index is 298. The lowest BCUT2D eigenvalue weighted by Gasteiger charge is -1.97. The lowest BCUT2D eigenvalue weighted by atomic mass is 10.2. The lowest BCUT2D eigenvalue weighted by Crippen LogP contribution is -1.98. The smallest absolute Gasteiger partial charge is 0.267 e. The van der Waals surface area contributed by atoms with Gasteiger partial charge in [0.1, 0.15) is 0 Å². The van der Waals surface area contributed by atoms with Crippen molar-refractivity contribution in [3.63, 3.8) is 0 Å². The fourth-order valence-corrected chi connectivity index (χ4v) is 1.17. The van der Waals surface area contributed by atoms with Gasteiger partial charge in [-0.1, -0.05) is 23.2 Å². The molecule has 57 valence electrons. The molecule has 1 rings (SSSR count). The van der Waals surface area contributed by atoms with Crippen molar-refractivity contribution in [3.05, 3.63) is 33.8 Å². The van der Waals surface area contributed by atoms with E-state index in [-0.39, 0.29) is 10.6 Å². The van der Waals surface area contributed by atoms with E-state index in [0.717, 1.165) is 0 Å². The molecule has 0 aliphatic rings. The number of nitrogens with one attached hydrogen (secondary N) is 1. The summed E-state index contributed by atoms with van der Waals surface area (Å²) in [6, 6.07) is 4.39. The van der Waals surface area contributed by atoms with Crippen LogP contribution in [0.2, 0.25) is 10.0 Å². The van der Waals surface area contributed by atoms with Crippen molar-refractivity contribution in [1.82, 2.24) is 5.73 Å². The first-order chi connectivity index (χ1) is 5.11. The van der Waals surface area contributed by atoms with Crippen LogP contribution in [0, 0.1) is 0 Å². The van der Waals surface area contributed by atoms with Crippen LogP contribution >= 0.6 is 23.2 Å². The fourth-order valence-electron chi connectivity index (χ4n) is 0.674. The molecule has 0 unspecified atom stereocenters. The molecule has 1 amide bonds. The summed E-state index contributed by atoms with van der Waals surface area (Å²) in [7, 11) is 0. The number of hydrogen-bond acceptors (Lipinski definition) is 1. The zero-order valence-corrected chi connectivity index (χ0v) is 6.91. The maximum absolute atomic E-state index is 10.5. The molecule has 2 nitrogen and oxygen atoms in total. The predicted octanol–water partition coefficient (Wildman–Crippen LogP) is 2.42. The molecule has 0 saturated carbocycles. The average molecular weight is 189 g/mol. The topological polar surface area (TPSA) is 40.9 Å². The largest absolute Gasteiger partial charge is 0.271 e. The quantitative estimate of drug-likeness (QED) is 0.668. The van der Waals surface area contributed by atoms with Gasteiger partial charge in [0.15, 0.2) is 0 Å². The van der Waals surface area contributed by atoms with Gasteiger partial charge in [0.05, 0.1) is 10.6 Å². The highest BCUT2D eigenvalue weighted by Crippen LogP contribution is 2.20. The summed E-state index contributed by atoms with van der Waals surface area (Å²) >= 11 is 11.2. The first kappa shape index (κ1) is 8.37. The van der Waals surface area contributed by atoms with E-state index >= 15 is 0 Å². The van der Waals surface area contributed by atoms with Crippen LogP contribution in [0.4, 0.5) is 0 Å². The van der Waals surface area contributed by atoms with Gasteiger partial charge < -0.3 is 0 Å². The third kappa shape index (κ3) is 1.85. The third-order valence-corrected chi connectivity index (χ3v) is 1.72. The van der Waals surface area contributed by atoms with Gasteiger partial charge in [0, 0.05) is 5.02 Å². The van der Waals surface area contributed by atoms with E-state index in [1.54, 1.807) is 0 Å². The molecule has 0 spiro atoms. The van der Waals surface area contributed by atoms with Crippen molar-refractivity contribution < 1.29 is 4.79 Å². The van der Waals surface area contributed by atoms with Crippen LogP contribution in [0.25, 0.3) is 0 Å². The van der Waals surface area contributed by atoms with Crippen molar-refractivity contribution in [1.29, 1.82) is 0 Å². The van der Waals surface area contributed by atoms with Gasteiger partial charge in [0.2, 0.25) is 0 Å². The molecule has 0 fully saturated rings. The maximum Gasteiger partial charge on any atom is 0.271 e. The molecular weight excluding hydrogens is 185 g/mol. The van der Waals surface area contributed by atoms with E-state index in [9.17, 15) is 4.79 Å². The summed E-state index contributed by atoms with van der Waals surface area (Å²) in [5, 5.41) is 0.678. The highest BCUT2D eigenvalue weighted by atomic mass is 35.5. The number of carbonyl (C=O) groups excluding carboxylic acids is 1. The Morgan fingerprint density at radius 2 is 2.00 bits per heavy atom. The Morgan fingerprint density at radius 1 is 1.36 bits per heavy atom. The number of benzene rings is 1. The van der Waals surface area contributed by atoms with Gasteiger partial charge in [-0.25, -0.2) is 0 Å². The van der Waals surface area contributed by atoms with Gasteiger partial charge in [0.25, 0.3) is 5.91 Å². The summed E-state index contributed by atoms with van der Waals surface area (Å²) in [6.07, 6.45) is 0. The van der Waals surface area contributed by atoms with E-state index in [4.69, 9.17) is 28.9 Å². The highest BCUT2D eigenvalue weighted by Gasteiger charge is 2.06. The number of halogens is 2. The van der Waals surface area contributed by atoms with Crippen LogP contribution in [0.5, 0.6) is 0 Å². The summed E-state index contributed by atoms with van der Waals surface area (Å²) in [5.41, 5.74) is 6.94. The second-order valence-corrected chi connectivity index (χ2v) is 2.80. The molecule has 0 heterocycles. The Labute approximate surface area is 73.9 Å². The zero-order valence-electron chi connectivity index (χ0n) is 5.40. The van der Waals surface area contributed by atoms with Crippen LogP contribution in [-0.2, 0) is 0 Å². The van der Waals surface area contributed by atoms with Crippen molar-refractivity contribution in [3.8, 4) is 0 Å². The van der Waals surface area contributed by atoms with E-state index in [1.807, 2.05) is 0 Å². The van der Waals surface area contributed by atoms with Crippen molar-refractivity contribution >= 4 is 29.1 Å². The molecule has 1 radical (unpaired) electrons. The Hall–Kier alpha value is -0.730. The van der Waals surface area contributed by atoms with E-state index in [0.29, 0.717) is 5.02 Å². The van der Waals surface area contributed by atoms with Crippen molar-refractivity contribution in [2.75, 3.05) is 0 Å².